The Morgan fingerprint density at radius 3 is 2.55 bits per heavy atom. The monoisotopic (exact) mass is 323 g/mol. The van der Waals surface area contributed by atoms with E-state index < -0.39 is 0 Å². The van der Waals surface area contributed by atoms with Gasteiger partial charge in [-0.3, -0.25) is 14.5 Å². The number of carbonyl (C=O) groups excluding carboxylic acids is 2. The first-order chi connectivity index (χ1) is 10.5. The van der Waals surface area contributed by atoms with Crippen LogP contribution in [0.5, 0.6) is 0 Å². The third-order valence-corrected chi connectivity index (χ3v) is 4.42. The summed E-state index contributed by atoms with van der Waals surface area (Å²) in [6.45, 7) is 7.31. The molecule has 1 aliphatic rings. The van der Waals surface area contributed by atoms with Crippen molar-refractivity contribution in [3.8, 4) is 0 Å². The standard InChI is InChI=1S/C16H22ClN3O2/c1-12-14(17)4-3-5-15(12)18-16(22)6-7-19-8-10-20(11-9-19)13(2)21/h3-5H,6-11H2,1-2H3,(H,18,22). The van der Waals surface area contributed by atoms with E-state index in [1.165, 1.54) is 0 Å². The number of piperazine rings is 1. The molecule has 0 atom stereocenters. The number of halogens is 1. The minimum absolute atomic E-state index is 0.0145. The molecule has 0 aliphatic carbocycles. The third kappa shape index (κ3) is 4.45. The van der Waals surface area contributed by atoms with Crippen molar-refractivity contribution in [1.29, 1.82) is 0 Å². The smallest absolute Gasteiger partial charge is 0.225 e. The molecule has 1 saturated heterocycles. The Balaban J connectivity index is 1.77. The molecule has 0 aromatic heterocycles. The summed E-state index contributed by atoms with van der Waals surface area (Å²) in [5.41, 5.74) is 1.64. The molecule has 1 N–H and O–H groups in total. The van der Waals surface area contributed by atoms with Crippen molar-refractivity contribution in [3.63, 3.8) is 0 Å². The lowest BCUT2D eigenvalue weighted by molar-refractivity contribution is -0.130. The fourth-order valence-electron chi connectivity index (χ4n) is 2.50. The number of anilines is 1. The predicted octanol–water partition coefficient (Wildman–Crippen LogP) is 2.14. The molecule has 1 aliphatic heterocycles. The van der Waals surface area contributed by atoms with Crippen LogP contribution in [0, 0.1) is 6.92 Å². The van der Waals surface area contributed by atoms with Gasteiger partial charge in [0.1, 0.15) is 0 Å². The lowest BCUT2D eigenvalue weighted by Crippen LogP contribution is -2.48. The second kappa shape index (κ2) is 7.61. The Hall–Kier alpha value is -1.59. The molecule has 1 aromatic carbocycles. The molecule has 0 unspecified atom stereocenters. The molecule has 1 heterocycles. The lowest BCUT2D eigenvalue weighted by atomic mass is 10.2. The number of carbonyl (C=O) groups is 2. The van der Waals surface area contributed by atoms with Crippen LogP contribution in [0.2, 0.25) is 5.02 Å². The predicted molar refractivity (Wildman–Crippen MR) is 88.1 cm³/mol. The molecule has 0 radical (unpaired) electrons. The van der Waals surface area contributed by atoms with E-state index in [4.69, 9.17) is 11.6 Å². The maximum absolute atomic E-state index is 12.0. The first kappa shape index (κ1) is 16.8. The minimum Gasteiger partial charge on any atom is -0.340 e. The van der Waals surface area contributed by atoms with Crippen LogP contribution in [-0.4, -0.2) is 54.3 Å². The summed E-state index contributed by atoms with van der Waals surface area (Å²) in [7, 11) is 0. The number of amides is 2. The molecule has 1 aromatic rings. The fourth-order valence-corrected chi connectivity index (χ4v) is 2.68. The van der Waals surface area contributed by atoms with Gasteiger partial charge in [0, 0.05) is 56.8 Å². The van der Waals surface area contributed by atoms with E-state index in [9.17, 15) is 9.59 Å². The van der Waals surface area contributed by atoms with E-state index in [0.29, 0.717) is 18.0 Å². The second-order valence-electron chi connectivity index (χ2n) is 5.56. The zero-order valence-corrected chi connectivity index (χ0v) is 13.8. The normalized spacial score (nSPS) is 15.7. The summed E-state index contributed by atoms with van der Waals surface area (Å²) < 4.78 is 0. The van der Waals surface area contributed by atoms with Crippen LogP contribution in [0.4, 0.5) is 5.69 Å². The number of hydrogen-bond donors (Lipinski definition) is 1. The van der Waals surface area contributed by atoms with Crippen molar-refractivity contribution in [2.24, 2.45) is 0 Å². The number of hydrogen-bond acceptors (Lipinski definition) is 3. The average Bonchev–Trinajstić information content (AvgIpc) is 2.50. The van der Waals surface area contributed by atoms with E-state index in [1.54, 1.807) is 13.0 Å². The summed E-state index contributed by atoms with van der Waals surface area (Å²) in [4.78, 5) is 27.4. The molecule has 120 valence electrons. The van der Waals surface area contributed by atoms with Gasteiger partial charge in [-0.05, 0) is 24.6 Å². The molecule has 0 spiro atoms. The zero-order valence-electron chi connectivity index (χ0n) is 13.1. The Bertz CT molecular complexity index is 554. The van der Waals surface area contributed by atoms with E-state index in [0.717, 1.165) is 37.4 Å². The Labute approximate surface area is 136 Å². The second-order valence-corrected chi connectivity index (χ2v) is 5.97. The SMILES string of the molecule is CC(=O)N1CCN(CCC(=O)Nc2cccc(Cl)c2C)CC1. The van der Waals surface area contributed by atoms with E-state index in [1.807, 2.05) is 24.0 Å². The lowest BCUT2D eigenvalue weighted by Gasteiger charge is -2.34. The van der Waals surface area contributed by atoms with Gasteiger partial charge < -0.3 is 10.2 Å². The van der Waals surface area contributed by atoms with Crippen molar-refractivity contribution in [3.05, 3.63) is 28.8 Å². The Morgan fingerprint density at radius 1 is 1.23 bits per heavy atom. The largest absolute Gasteiger partial charge is 0.340 e. The molecular weight excluding hydrogens is 302 g/mol. The highest BCUT2D eigenvalue weighted by Gasteiger charge is 2.19. The fraction of sp³-hybridized carbons (Fsp3) is 0.500. The van der Waals surface area contributed by atoms with Crippen LogP contribution in [0.25, 0.3) is 0 Å². The van der Waals surface area contributed by atoms with Crippen LogP contribution >= 0.6 is 11.6 Å². The van der Waals surface area contributed by atoms with Crippen LogP contribution in [0.1, 0.15) is 18.9 Å². The summed E-state index contributed by atoms with van der Waals surface area (Å²) in [6.07, 6.45) is 0.437. The van der Waals surface area contributed by atoms with Crippen molar-refractivity contribution in [1.82, 2.24) is 9.80 Å². The van der Waals surface area contributed by atoms with Crippen molar-refractivity contribution in [2.75, 3.05) is 38.0 Å². The molecule has 2 rings (SSSR count). The first-order valence-corrected chi connectivity index (χ1v) is 7.88. The van der Waals surface area contributed by atoms with Gasteiger partial charge in [0.25, 0.3) is 0 Å². The van der Waals surface area contributed by atoms with Crippen molar-refractivity contribution < 1.29 is 9.59 Å². The average molecular weight is 324 g/mol. The van der Waals surface area contributed by atoms with Crippen LogP contribution in [0.15, 0.2) is 18.2 Å². The van der Waals surface area contributed by atoms with Gasteiger partial charge >= 0.3 is 0 Å². The van der Waals surface area contributed by atoms with Gasteiger partial charge in [-0.1, -0.05) is 17.7 Å². The van der Waals surface area contributed by atoms with Crippen molar-refractivity contribution in [2.45, 2.75) is 20.3 Å². The summed E-state index contributed by atoms with van der Waals surface area (Å²) >= 11 is 6.04. The molecule has 22 heavy (non-hydrogen) atoms. The molecule has 5 nitrogen and oxygen atoms in total. The highest BCUT2D eigenvalue weighted by molar-refractivity contribution is 6.31. The topological polar surface area (TPSA) is 52.7 Å². The van der Waals surface area contributed by atoms with E-state index in [-0.39, 0.29) is 11.8 Å². The number of rotatable bonds is 4. The van der Waals surface area contributed by atoms with Gasteiger partial charge in [0.15, 0.2) is 0 Å². The highest BCUT2D eigenvalue weighted by Crippen LogP contribution is 2.22. The molecule has 0 bridgehead atoms. The Kier molecular flexibility index (Phi) is 5.80. The van der Waals surface area contributed by atoms with Crippen molar-refractivity contribution >= 4 is 29.1 Å². The van der Waals surface area contributed by atoms with Gasteiger partial charge in [-0.25, -0.2) is 0 Å². The maximum Gasteiger partial charge on any atom is 0.225 e. The van der Waals surface area contributed by atoms with E-state index in [2.05, 4.69) is 10.2 Å². The first-order valence-electron chi connectivity index (χ1n) is 7.50. The summed E-state index contributed by atoms with van der Waals surface area (Å²) in [5, 5.41) is 3.55. The maximum atomic E-state index is 12.0. The van der Waals surface area contributed by atoms with Crippen LogP contribution in [0.3, 0.4) is 0 Å². The molecule has 6 heteroatoms. The van der Waals surface area contributed by atoms with Gasteiger partial charge in [-0.2, -0.15) is 0 Å². The van der Waals surface area contributed by atoms with Gasteiger partial charge in [0.05, 0.1) is 0 Å². The van der Waals surface area contributed by atoms with E-state index >= 15 is 0 Å². The van der Waals surface area contributed by atoms with Crippen LogP contribution in [-0.2, 0) is 9.59 Å². The number of nitrogens with zero attached hydrogens (tertiary/aromatic N) is 2. The van der Waals surface area contributed by atoms with Crippen LogP contribution < -0.4 is 5.32 Å². The number of nitrogens with one attached hydrogen (secondary N) is 1. The molecular formula is C16H22ClN3O2. The molecule has 2 amide bonds. The Morgan fingerprint density at radius 2 is 1.91 bits per heavy atom. The molecule has 1 fully saturated rings. The quantitative estimate of drug-likeness (QED) is 0.923. The third-order valence-electron chi connectivity index (χ3n) is 4.01. The van der Waals surface area contributed by atoms with Gasteiger partial charge in [0.2, 0.25) is 11.8 Å². The zero-order chi connectivity index (χ0) is 16.1. The highest BCUT2D eigenvalue weighted by atomic mass is 35.5. The van der Waals surface area contributed by atoms with Gasteiger partial charge in [-0.15, -0.1) is 0 Å². The minimum atomic E-state index is -0.0145. The summed E-state index contributed by atoms with van der Waals surface area (Å²) in [5.74, 6) is 0.105. The molecule has 0 saturated carbocycles. The summed E-state index contributed by atoms with van der Waals surface area (Å²) in [6, 6.07) is 5.48. The number of benzene rings is 1.